The summed E-state index contributed by atoms with van der Waals surface area (Å²) in [7, 11) is 1.50. The van der Waals surface area contributed by atoms with Gasteiger partial charge in [0.1, 0.15) is 25.2 Å². The van der Waals surface area contributed by atoms with Crippen molar-refractivity contribution in [1.29, 1.82) is 0 Å². The van der Waals surface area contributed by atoms with Gasteiger partial charge in [0.2, 0.25) is 0 Å². The molecule has 1 unspecified atom stereocenters. The van der Waals surface area contributed by atoms with Crippen molar-refractivity contribution in [2.45, 2.75) is 32.7 Å². The first-order valence-electron chi connectivity index (χ1n) is 13.3. The number of oxime groups is 1. The number of fused-ring (bicyclic) bond motifs is 1. The van der Waals surface area contributed by atoms with Crippen LogP contribution < -0.4 is 9.61 Å². The molecule has 0 fully saturated rings. The maximum Gasteiger partial charge on any atom is 0.320 e. The summed E-state index contributed by atoms with van der Waals surface area (Å²) < 4.78 is 13.5. The van der Waals surface area contributed by atoms with Crippen LogP contribution >= 0.6 is 11.3 Å². The third-order valence-electron chi connectivity index (χ3n) is 6.44. The highest BCUT2D eigenvalue weighted by Crippen LogP contribution is 2.22. The van der Waals surface area contributed by atoms with E-state index in [2.05, 4.69) is 5.16 Å². The van der Waals surface area contributed by atoms with Crippen LogP contribution in [0.1, 0.15) is 36.5 Å². The molecule has 0 aliphatic carbocycles. The van der Waals surface area contributed by atoms with Crippen LogP contribution in [0.4, 0.5) is 0 Å². The van der Waals surface area contributed by atoms with Gasteiger partial charge >= 0.3 is 16.8 Å². The summed E-state index contributed by atoms with van der Waals surface area (Å²) in [6.07, 6.45) is 1.57. The normalized spacial score (nSPS) is 12.2. The van der Waals surface area contributed by atoms with Crippen LogP contribution in [0.25, 0.3) is 10.2 Å². The van der Waals surface area contributed by atoms with E-state index in [1.807, 2.05) is 55.5 Å². The number of esters is 1. The fraction of sp³-hybridized carbons (Fsp3) is 0.290. The van der Waals surface area contributed by atoms with Gasteiger partial charge < -0.3 is 19.4 Å². The Labute approximate surface area is 241 Å². The molecular formula is C31H32N2O7S. The summed E-state index contributed by atoms with van der Waals surface area (Å²) in [4.78, 5) is 41.6. The minimum Gasteiger partial charge on any atom is -0.492 e. The predicted molar refractivity (Wildman–Crippen MR) is 158 cm³/mol. The highest BCUT2D eigenvalue weighted by Gasteiger charge is 2.28. The number of aromatic nitrogens is 1. The van der Waals surface area contributed by atoms with Gasteiger partial charge in [0.25, 0.3) is 0 Å². The number of carboxylic acids is 1. The molecule has 1 heterocycles. The van der Waals surface area contributed by atoms with Gasteiger partial charge in [0.05, 0.1) is 23.4 Å². The van der Waals surface area contributed by atoms with Gasteiger partial charge in [-0.1, -0.05) is 78.4 Å². The van der Waals surface area contributed by atoms with Gasteiger partial charge in [-0.15, -0.1) is 0 Å². The number of hydrogen-bond acceptors (Lipinski definition) is 8. The van der Waals surface area contributed by atoms with E-state index >= 15 is 0 Å². The summed E-state index contributed by atoms with van der Waals surface area (Å²) in [5, 5.41) is 13.7. The number of benzene rings is 3. The second-order valence-corrected chi connectivity index (χ2v) is 10.3. The quantitative estimate of drug-likeness (QED) is 0.0728. The van der Waals surface area contributed by atoms with E-state index in [-0.39, 0.29) is 24.5 Å². The molecule has 214 valence electrons. The fourth-order valence-corrected chi connectivity index (χ4v) is 5.24. The molecule has 0 aliphatic rings. The van der Waals surface area contributed by atoms with E-state index in [0.717, 1.165) is 39.1 Å². The van der Waals surface area contributed by atoms with Crippen molar-refractivity contribution in [3.05, 3.63) is 99.2 Å². The van der Waals surface area contributed by atoms with E-state index in [9.17, 15) is 19.5 Å². The SMILES string of the molecule is CCCCOC(=O)C(Cc1ccc(OCCn2c(=O)sc3cc(C(=NOC)c4ccccc4)ccc32)cc1)C(=O)O. The van der Waals surface area contributed by atoms with Crippen molar-refractivity contribution >= 4 is 39.2 Å². The lowest BCUT2D eigenvalue weighted by Gasteiger charge is -2.13. The van der Waals surface area contributed by atoms with Crippen molar-refractivity contribution in [3.8, 4) is 5.75 Å². The molecule has 0 radical (unpaired) electrons. The summed E-state index contributed by atoms with van der Waals surface area (Å²) >= 11 is 1.16. The van der Waals surface area contributed by atoms with E-state index in [0.29, 0.717) is 30.0 Å². The molecule has 0 saturated heterocycles. The molecule has 1 atom stereocenters. The Hall–Kier alpha value is -4.44. The lowest BCUT2D eigenvalue weighted by molar-refractivity contribution is -0.158. The highest BCUT2D eigenvalue weighted by molar-refractivity contribution is 7.16. The molecule has 0 spiro atoms. The second-order valence-electron chi connectivity index (χ2n) is 9.30. The van der Waals surface area contributed by atoms with Crippen LogP contribution in [0.2, 0.25) is 0 Å². The van der Waals surface area contributed by atoms with Gasteiger partial charge in [-0.2, -0.15) is 0 Å². The summed E-state index contributed by atoms with van der Waals surface area (Å²) in [6, 6.07) is 22.3. The van der Waals surface area contributed by atoms with Crippen molar-refractivity contribution in [3.63, 3.8) is 0 Å². The number of carbonyl (C=O) groups excluding carboxylic acids is 1. The topological polar surface area (TPSA) is 116 Å². The van der Waals surface area contributed by atoms with Gasteiger partial charge in [-0.05, 0) is 42.7 Å². The minimum atomic E-state index is -1.26. The Morgan fingerprint density at radius 3 is 2.44 bits per heavy atom. The lowest BCUT2D eigenvalue weighted by atomic mass is 9.99. The van der Waals surface area contributed by atoms with Crippen molar-refractivity contribution in [2.24, 2.45) is 11.1 Å². The third kappa shape index (κ3) is 7.61. The Balaban J connectivity index is 1.39. The molecule has 0 bridgehead atoms. The maximum atomic E-state index is 12.8. The maximum absolute atomic E-state index is 12.8. The molecule has 1 N–H and O–H groups in total. The Morgan fingerprint density at radius 1 is 1.00 bits per heavy atom. The van der Waals surface area contributed by atoms with Crippen molar-refractivity contribution in [1.82, 2.24) is 4.57 Å². The largest absolute Gasteiger partial charge is 0.492 e. The average Bonchev–Trinajstić information content (AvgIpc) is 3.29. The first-order chi connectivity index (χ1) is 19.9. The smallest absolute Gasteiger partial charge is 0.320 e. The number of nitrogens with zero attached hydrogens (tertiary/aromatic N) is 2. The van der Waals surface area contributed by atoms with E-state index in [4.69, 9.17) is 14.3 Å². The Morgan fingerprint density at radius 2 is 1.76 bits per heavy atom. The summed E-state index contributed by atoms with van der Waals surface area (Å²) in [5.41, 5.74) is 3.91. The monoisotopic (exact) mass is 576 g/mol. The van der Waals surface area contributed by atoms with Crippen LogP contribution in [0.3, 0.4) is 0 Å². The first-order valence-corrected chi connectivity index (χ1v) is 14.1. The lowest BCUT2D eigenvalue weighted by Crippen LogP contribution is -2.28. The molecular weight excluding hydrogens is 544 g/mol. The number of hydrogen-bond donors (Lipinski definition) is 1. The number of ether oxygens (including phenoxy) is 2. The highest BCUT2D eigenvalue weighted by atomic mass is 32.1. The molecule has 9 nitrogen and oxygen atoms in total. The number of unbranched alkanes of at least 4 members (excludes halogenated alkanes) is 1. The van der Waals surface area contributed by atoms with E-state index in [1.54, 1.807) is 28.8 Å². The van der Waals surface area contributed by atoms with Crippen LogP contribution in [0.15, 0.2) is 82.7 Å². The van der Waals surface area contributed by atoms with Crippen LogP contribution in [-0.4, -0.2) is 47.6 Å². The van der Waals surface area contributed by atoms with Crippen LogP contribution in [0, 0.1) is 5.92 Å². The first kappa shape index (κ1) is 29.5. The van der Waals surface area contributed by atoms with Gasteiger partial charge in [0, 0.05) is 11.1 Å². The molecule has 3 aromatic carbocycles. The Kier molecular flexibility index (Phi) is 10.3. The number of carbonyl (C=O) groups is 2. The van der Waals surface area contributed by atoms with Crippen molar-refractivity contribution in [2.75, 3.05) is 20.3 Å². The minimum absolute atomic E-state index is 0.0277. The standard InChI is InChI=1S/C31H32N2O7S/c1-3-4-17-40-30(36)25(29(34)35)19-21-10-13-24(14-11-21)39-18-16-33-26-15-12-23(20-27(26)41-31(33)37)28(32-38-2)22-8-6-5-7-9-22/h5-15,20,25H,3-4,16-19H2,1-2H3,(H,34,35). The molecule has 1 aromatic heterocycles. The molecule has 41 heavy (non-hydrogen) atoms. The fourth-order valence-electron chi connectivity index (χ4n) is 4.29. The molecule has 4 rings (SSSR count). The number of aliphatic carboxylic acids is 1. The van der Waals surface area contributed by atoms with E-state index < -0.39 is 17.9 Å². The Bertz CT molecular complexity index is 1560. The molecule has 0 amide bonds. The summed E-state index contributed by atoms with van der Waals surface area (Å²) in [5.74, 6) is -2.63. The van der Waals surface area contributed by atoms with Gasteiger partial charge in [-0.3, -0.25) is 19.0 Å². The number of carboxylic acid groups (broad SMARTS) is 1. The molecule has 0 saturated carbocycles. The third-order valence-corrected chi connectivity index (χ3v) is 7.39. The number of thiazole rings is 1. The van der Waals surface area contributed by atoms with Gasteiger partial charge in [-0.25, -0.2) is 0 Å². The zero-order valence-corrected chi connectivity index (χ0v) is 23.8. The molecule has 4 aromatic rings. The zero-order chi connectivity index (χ0) is 29.2. The predicted octanol–water partition coefficient (Wildman–Crippen LogP) is 5.13. The molecule has 0 aliphatic heterocycles. The van der Waals surface area contributed by atoms with Crippen LogP contribution in [-0.2, 0) is 32.1 Å². The van der Waals surface area contributed by atoms with Crippen LogP contribution in [0.5, 0.6) is 5.75 Å². The zero-order valence-electron chi connectivity index (χ0n) is 22.9. The van der Waals surface area contributed by atoms with Crippen molar-refractivity contribution < 1.29 is 29.0 Å². The second kappa shape index (κ2) is 14.3. The molecule has 10 heteroatoms. The van der Waals surface area contributed by atoms with Gasteiger partial charge in [0.15, 0.2) is 5.92 Å². The number of rotatable bonds is 14. The average molecular weight is 577 g/mol. The summed E-state index contributed by atoms with van der Waals surface area (Å²) in [6.45, 7) is 2.79. The van der Waals surface area contributed by atoms with E-state index in [1.165, 1.54) is 7.11 Å².